The molecule has 0 aromatic rings. The number of carboxylic acids is 1. The van der Waals surface area contributed by atoms with Crippen molar-refractivity contribution in [1.29, 1.82) is 0 Å². The minimum atomic E-state index is -3.44. The molecule has 6 nitrogen and oxygen atoms in total. The molecule has 116 valence electrons. The molecule has 1 heterocycles. The van der Waals surface area contributed by atoms with Gasteiger partial charge in [0.15, 0.2) is 0 Å². The summed E-state index contributed by atoms with van der Waals surface area (Å²) >= 11 is 0. The van der Waals surface area contributed by atoms with Crippen LogP contribution >= 0.6 is 0 Å². The molecule has 0 bridgehead atoms. The van der Waals surface area contributed by atoms with Gasteiger partial charge in [0, 0.05) is 26.2 Å². The zero-order valence-corrected chi connectivity index (χ0v) is 12.8. The van der Waals surface area contributed by atoms with Crippen molar-refractivity contribution in [3.8, 4) is 0 Å². The number of piperidine rings is 1. The van der Waals surface area contributed by atoms with E-state index in [9.17, 15) is 13.2 Å². The Labute approximate surface area is 120 Å². The van der Waals surface area contributed by atoms with Gasteiger partial charge in [-0.25, -0.2) is 0 Å². The van der Waals surface area contributed by atoms with Gasteiger partial charge in [0.1, 0.15) is 0 Å². The van der Waals surface area contributed by atoms with Crippen LogP contribution in [0.3, 0.4) is 0 Å². The summed E-state index contributed by atoms with van der Waals surface area (Å²) in [6, 6.07) is 0.103. The monoisotopic (exact) mass is 304 g/mol. The number of carbonyl (C=O) groups is 1. The molecule has 7 heteroatoms. The second kappa shape index (κ2) is 6.41. The first-order valence-corrected chi connectivity index (χ1v) is 8.78. The first-order valence-electron chi connectivity index (χ1n) is 7.39. The van der Waals surface area contributed by atoms with Gasteiger partial charge in [-0.2, -0.15) is 17.0 Å². The quantitative estimate of drug-likeness (QED) is 0.849. The molecule has 2 aliphatic rings. The van der Waals surface area contributed by atoms with E-state index in [1.54, 1.807) is 7.05 Å². The van der Waals surface area contributed by atoms with E-state index in [-0.39, 0.29) is 6.04 Å². The zero-order chi connectivity index (χ0) is 14.8. The highest BCUT2D eigenvalue weighted by molar-refractivity contribution is 7.86. The van der Waals surface area contributed by atoms with Crippen LogP contribution in [-0.2, 0) is 15.0 Å². The van der Waals surface area contributed by atoms with Crippen LogP contribution in [0.5, 0.6) is 0 Å². The molecule has 0 aromatic heterocycles. The molecule has 1 aliphatic carbocycles. The summed E-state index contributed by atoms with van der Waals surface area (Å²) in [7, 11) is -1.78. The van der Waals surface area contributed by atoms with E-state index in [4.69, 9.17) is 5.11 Å². The predicted molar refractivity (Wildman–Crippen MR) is 75.5 cm³/mol. The highest BCUT2D eigenvalue weighted by atomic mass is 32.2. The molecule has 2 rings (SSSR count). The second-order valence-electron chi connectivity index (χ2n) is 5.83. The van der Waals surface area contributed by atoms with Crippen LogP contribution < -0.4 is 0 Å². The topological polar surface area (TPSA) is 77.9 Å². The Morgan fingerprint density at radius 1 is 1.10 bits per heavy atom. The average Bonchev–Trinajstić information content (AvgIpc) is 2.47. The normalized spacial score (nSPS) is 24.1. The fraction of sp³-hybridized carbons (Fsp3) is 0.923. The highest BCUT2D eigenvalue weighted by Crippen LogP contribution is 2.27. The van der Waals surface area contributed by atoms with E-state index in [2.05, 4.69) is 0 Å². The number of carboxylic acid groups (broad SMARTS) is 1. The van der Waals surface area contributed by atoms with Gasteiger partial charge in [-0.05, 0) is 25.7 Å². The van der Waals surface area contributed by atoms with Crippen LogP contribution in [0.2, 0.25) is 0 Å². The van der Waals surface area contributed by atoms with E-state index in [1.807, 2.05) is 0 Å². The number of hydrogen-bond donors (Lipinski definition) is 1. The van der Waals surface area contributed by atoms with E-state index in [0.29, 0.717) is 25.9 Å². The van der Waals surface area contributed by atoms with Crippen molar-refractivity contribution >= 4 is 16.2 Å². The highest BCUT2D eigenvalue weighted by Gasteiger charge is 2.36. The summed E-state index contributed by atoms with van der Waals surface area (Å²) in [5.74, 6) is -1.22. The van der Waals surface area contributed by atoms with Crippen LogP contribution in [-0.4, -0.2) is 54.3 Å². The average molecular weight is 304 g/mol. The maximum atomic E-state index is 12.6. The van der Waals surface area contributed by atoms with E-state index < -0.39 is 22.1 Å². The second-order valence-corrected chi connectivity index (χ2v) is 7.82. The number of hydrogen-bond acceptors (Lipinski definition) is 3. The largest absolute Gasteiger partial charge is 0.481 e. The standard InChI is InChI=1S/C13H24N2O4S/c1-14(12-5-3-2-4-6-12)20(18,19)15-9-7-11(8-10-15)13(16)17/h11-12H,2-10H2,1H3,(H,16,17). The maximum absolute atomic E-state index is 12.6. The first kappa shape index (κ1) is 15.7. The van der Waals surface area contributed by atoms with Crippen LogP contribution in [0, 0.1) is 5.92 Å². The van der Waals surface area contributed by atoms with Gasteiger partial charge in [-0.15, -0.1) is 0 Å². The molecule has 1 saturated heterocycles. The molecule has 0 spiro atoms. The van der Waals surface area contributed by atoms with Crippen molar-refractivity contribution < 1.29 is 18.3 Å². The van der Waals surface area contributed by atoms with Crippen molar-refractivity contribution in [3.05, 3.63) is 0 Å². The van der Waals surface area contributed by atoms with Crippen LogP contribution in [0.4, 0.5) is 0 Å². The Hall–Kier alpha value is -0.660. The minimum Gasteiger partial charge on any atom is -0.481 e. The van der Waals surface area contributed by atoms with Crippen LogP contribution in [0.15, 0.2) is 0 Å². The van der Waals surface area contributed by atoms with Crippen molar-refractivity contribution in [1.82, 2.24) is 8.61 Å². The Bertz CT molecular complexity index is 437. The Morgan fingerprint density at radius 2 is 1.65 bits per heavy atom. The molecule has 0 atom stereocenters. The summed E-state index contributed by atoms with van der Waals surface area (Å²) in [6.45, 7) is 0.632. The van der Waals surface area contributed by atoms with Gasteiger partial charge in [0.25, 0.3) is 10.2 Å². The third kappa shape index (κ3) is 3.32. The van der Waals surface area contributed by atoms with Crippen molar-refractivity contribution in [3.63, 3.8) is 0 Å². The summed E-state index contributed by atoms with van der Waals surface area (Å²) in [6.07, 6.45) is 6.05. The summed E-state index contributed by atoms with van der Waals surface area (Å²) in [5.41, 5.74) is 0. The molecule has 1 aliphatic heterocycles. The Balaban J connectivity index is 1.98. The lowest BCUT2D eigenvalue weighted by Crippen LogP contribution is -2.50. The van der Waals surface area contributed by atoms with E-state index in [1.165, 1.54) is 15.0 Å². The lowest BCUT2D eigenvalue weighted by atomic mass is 9.96. The molecule has 0 aromatic carbocycles. The molecule has 1 saturated carbocycles. The van der Waals surface area contributed by atoms with Gasteiger partial charge < -0.3 is 5.11 Å². The first-order chi connectivity index (χ1) is 9.43. The zero-order valence-electron chi connectivity index (χ0n) is 12.0. The van der Waals surface area contributed by atoms with Gasteiger partial charge >= 0.3 is 5.97 Å². The number of rotatable bonds is 4. The fourth-order valence-corrected chi connectivity index (χ4v) is 4.77. The minimum absolute atomic E-state index is 0.103. The molecule has 0 amide bonds. The molecule has 2 fully saturated rings. The van der Waals surface area contributed by atoms with E-state index in [0.717, 1.165) is 25.7 Å². The van der Waals surface area contributed by atoms with Crippen molar-refractivity contribution in [2.75, 3.05) is 20.1 Å². The predicted octanol–water partition coefficient (Wildman–Crippen LogP) is 1.29. The number of nitrogens with zero attached hydrogens (tertiary/aromatic N) is 2. The van der Waals surface area contributed by atoms with Gasteiger partial charge in [-0.1, -0.05) is 19.3 Å². The van der Waals surface area contributed by atoms with Gasteiger partial charge in [-0.3, -0.25) is 4.79 Å². The van der Waals surface area contributed by atoms with Crippen LogP contribution in [0.1, 0.15) is 44.9 Å². The molecule has 0 unspecified atom stereocenters. The molecular weight excluding hydrogens is 280 g/mol. The summed E-state index contributed by atoms with van der Waals surface area (Å²) in [4.78, 5) is 10.9. The van der Waals surface area contributed by atoms with Gasteiger partial charge in [0.05, 0.1) is 5.92 Å². The van der Waals surface area contributed by atoms with Crippen LogP contribution in [0.25, 0.3) is 0 Å². The lowest BCUT2D eigenvalue weighted by Gasteiger charge is -2.36. The SMILES string of the molecule is CN(C1CCCCC1)S(=O)(=O)N1CCC(C(=O)O)CC1. The van der Waals surface area contributed by atoms with Gasteiger partial charge in [0.2, 0.25) is 0 Å². The molecule has 1 N–H and O–H groups in total. The third-order valence-corrected chi connectivity index (χ3v) is 6.63. The number of aliphatic carboxylic acids is 1. The molecular formula is C13H24N2O4S. The van der Waals surface area contributed by atoms with Crippen molar-refractivity contribution in [2.24, 2.45) is 5.92 Å². The lowest BCUT2D eigenvalue weighted by molar-refractivity contribution is -0.142. The van der Waals surface area contributed by atoms with E-state index >= 15 is 0 Å². The molecule has 0 radical (unpaired) electrons. The summed E-state index contributed by atoms with van der Waals surface area (Å²) in [5, 5.41) is 8.96. The Morgan fingerprint density at radius 3 is 2.15 bits per heavy atom. The Kier molecular flexibility index (Phi) is 5.04. The smallest absolute Gasteiger partial charge is 0.306 e. The third-order valence-electron chi connectivity index (χ3n) is 4.58. The molecule has 20 heavy (non-hydrogen) atoms. The van der Waals surface area contributed by atoms with Crippen molar-refractivity contribution in [2.45, 2.75) is 51.0 Å². The summed E-state index contributed by atoms with van der Waals surface area (Å²) < 4.78 is 28.1. The maximum Gasteiger partial charge on any atom is 0.306 e. The fourth-order valence-electron chi connectivity index (χ4n) is 3.15.